The van der Waals surface area contributed by atoms with Crippen LogP contribution in [0.3, 0.4) is 0 Å². The van der Waals surface area contributed by atoms with Crippen molar-refractivity contribution in [3.63, 3.8) is 0 Å². The molecular formula is C25H33N4O2+. The first-order valence-corrected chi connectivity index (χ1v) is 11.4. The zero-order valence-corrected chi connectivity index (χ0v) is 18.6. The number of nitrogens with one attached hydrogen (secondary N) is 1. The van der Waals surface area contributed by atoms with Crippen molar-refractivity contribution in [2.24, 2.45) is 5.92 Å². The predicted molar refractivity (Wildman–Crippen MR) is 126 cm³/mol. The van der Waals surface area contributed by atoms with Gasteiger partial charge < -0.3 is 15.4 Å². The highest BCUT2D eigenvalue weighted by molar-refractivity contribution is 5.83. The van der Waals surface area contributed by atoms with Crippen LogP contribution in [0.2, 0.25) is 0 Å². The summed E-state index contributed by atoms with van der Waals surface area (Å²) in [7, 11) is 1.66. The molecule has 0 spiro atoms. The Morgan fingerprint density at radius 2 is 2.16 bits per heavy atom. The average molecular weight is 422 g/mol. The average Bonchev–Trinajstić information content (AvgIpc) is 2.82. The van der Waals surface area contributed by atoms with E-state index in [1.165, 1.54) is 13.0 Å². The van der Waals surface area contributed by atoms with Crippen molar-refractivity contribution in [2.75, 3.05) is 32.1 Å². The minimum absolute atomic E-state index is 0.0348. The first kappa shape index (κ1) is 21.4. The summed E-state index contributed by atoms with van der Waals surface area (Å²) >= 11 is 0. The number of quaternary nitrogens is 1. The topological polar surface area (TPSA) is 72.8 Å². The van der Waals surface area contributed by atoms with E-state index >= 15 is 0 Å². The van der Waals surface area contributed by atoms with Gasteiger partial charge in [0, 0.05) is 30.3 Å². The van der Waals surface area contributed by atoms with Crippen molar-refractivity contribution in [3.05, 3.63) is 52.8 Å². The van der Waals surface area contributed by atoms with Gasteiger partial charge in [-0.25, -0.2) is 4.98 Å². The lowest BCUT2D eigenvalue weighted by molar-refractivity contribution is -0.669. The van der Waals surface area contributed by atoms with Crippen LogP contribution in [0.4, 0.5) is 5.69 Å². The normalized spacial score (nSPS) is 16.4. The van der Waals surface area contributed by atoms with Crippen LogP contribution in [0.5, 0.6) is 5.75 Å². The molecule has 1 aliphatic rings. The summed E-state index contributed by atoms with van der Waals surface area (Å²) in [5, 5.41) is 6.46. The zero-order chi connectivity index (χ0) is 21.6. The third kappa shape index (κ3) is 4.90. The minimum Gasteiger partial charge on any atom is -0.497 e. The summed E-state index contributed by atoms with van der Waals surface area (Å²) in [5.74, 6) is 1.95. The molecule has 1 aliphatic heterocycles. The van der Waals surface area contributed by atoms with Gasteiger partial charge in [0.05, 0.1) is 31.1 Å². The van der Waals surface area contributed by atoms with Crippen LogP contribution in [0.15, 0.2) is 47.3 Å². The molecular weight excluding hydrogens is 388 g/mol. The number of piperidine rings is 1. The third-order valence-corrected chi connectivity index (χ3v) is 6.10. The number of benzene rings is 2. The first-order valence-electron chi connectivity index (χ1n) is 11.4. The molecule has 2 aromatic carbocycles. The maximum atomic E-state index is 13.7. The molecule has 1 atom stereocenters. The molecule has 31 heavy (non-hydrogen) atoms. The lowest BCUT2D eigenvalue weighted by Gasteiger charge is -2.23. The molecule has 4 rings (SSSR count). The molecule has 0 aliphatic carbocycles. The van der Waals surface area contributed by atoms with Gasteiger partial charge in [-0.1, -0.05) is 25.5 Å². The quantitative estimate of drug-likeness (QED) is 0.548. The molecule has 3 aromatic rings. The van der Waals surface area contributed by atoms with Gasteiger partial charge in [0.1, 0.15) is 11.6 Å². The molecule has 1 fully saturated rings. The second kappa shape index (κ2) is 9.96. The van der Waals surface area contributed by atoms with Crippen molar-refractivity contribution in [3.8, 4) is 17.1 Å². The predicted octanol–water partition coefficient (Wildman–Crippen LogP) is 3.26. The second-order valence-electron chi connectivity index (χ2n) is 8.42. The molecule has 0 bridgehead atoms. The summed E-state index contributed by atoms with van der Waals surface area (Å²) in [5.41, 5.74) is 2.65. The van der Waals surface area contributed by atoms with Crippen LogP contribution in [0.1, 0.15) is 32.6 Å². The summed E-state index contributed by atoms with van der Waals surface area (Å²) in [6.07, 6.45) is 4.59. The molecule has 1 aromatic heterocycles. The Hall–Kier alpha value is -2.86. The van der Waals surface area contributed by atoms with Gasteiger partial charge in [0.15, 0.2) is 0 Å². The van der Waals surface area contributed by atoms with Crippen LogP contribution in [0.25, 0.3) is 22.3 Å². The van der Waals surface area contributed by atoms with Crippen molar-refractivity contribution >= 4 is 16.6 Å². The number of hydrogen-bond donors (Lipinski definition) is 2. The Morgan fingerprint density at radius 3 is 2.94 bits per heavy atom. The Labute approximate surface area is 183 Å². The van der Waals surface area contributed by atoms with E-state index in [4.69, 9.17) is 9.72 Å². The van der Waals surface area contributed by atoms with Crippen LogP contribution in [0, 0.1) is 5.92 Å². The lowest BCUT2D eigenvalue weighted by atomic mass is 9.99. The van der Waals surface area contributed by atoms with Gasteiger partial charge in [0.25, 0.3) is 5.56 Å². The van der Waals surface area contributed by atoms with Crippen LogP contribution in [-0.4, -0.2) is 36.3 Å². The number of ether oxygens (including phenoxy) is 1. The van der Waals surface area contributed by atoms with Crippen molar-refractivity contribution in [2.45, 2.75) is 39.2 Å². The monoisotopic (exact) mass is 421 g/mol. The Kier molecular flexibility index (Phi) is 6.87. The zero-order valence-electron chi connectivity index (χ0n) is 18.6. The van der Waals surface area contributed by atoms with E-state index in [1.54, 1.807) is 7.11 Å². The molecule has 6 nitrogen and oxygen atoms in total. The van der Waals surface area contributed by atoms with Crippen LogP contribution < -0.4 is 20.9 Å². The highest BCUT2D eigenvalue weighted by Gasteiger charge is 2.21. The number of hydrogen-bond acceptors (Lipinski definition) is 4. The Bertz CT molecular complexity index is 1090. The first-order chi connectivity index (χ1) is 15.2. The molecule has 1 unspecified atom stereocenters. The van der Waals surface area contributed by atoms with E-state index < -0.39 is 0 Å². The fourth-order valence-corrected chi connectivity index (χ4v) is 4.34. The highest BCUT2D eigenvalue weighted by Crippen LogP contribution is 2.25. The fourth-order valence-electron chi connectivity index (χ4n) is 4.34. The van der Waals surface area contributed by atoms with Gasteiger partial charge in [-0.3, -0.25) is 9.36 Å². The third-order valence-electron chi connectivity index (χ3n) is 6.10. The van der Waals surface area contributed by atoms with E-state index in [0.29, 0.717) is 23.7 Å². The van der Waals surface area contributed by atoms with E-state index in [1.807, 2.05) is 47.0 Å². The van der Waals surface area contributed by atoms with Gasteiger partial charge in [-0.15, -0.1) is 0 Å². The molecule has 1 saturated heterocycles. The number of fused-ring (bicyclic) bond motifs is 1. The summed E-state index contributed by atoms with van der Waals surface area (Å²) < 4.78 is 7.30. The number of unbranched alkanes of at least 4 members (excludes halogenated alkanes) is 1. The summed E-state index contributed by atoms with van der Waals surface area (Å²) in [6.45, 7) is 6.01. The van der Waals surface area contributed by atoms with E-state index in [0.717, 1.165) is 54.9 Å². The molecule has 164 valence electrons. The molecule has 0 radical (unpaired) electrons. The highest BCUT2D eigenvalue weighted by atomic mass is 16.5. The fraction of sp³-hybridized carbons (Fsp3) is 0.440. The van der Waals surface area contributed by atoms with Gasteiger partial charge in [-0.05, 0) is 49.6 Å². The van der Waals surface area contributed by atoms with Gasteiger partial charge in [-0.2, -0.15) is 0 Å². The summed E-state index contributed by atoms with van der Waals surface area (Å²) in [6, 6.07) is 13.7. The SMILES string of the molecule is CCCCNc1ccc2nc(-c3cccc(OC)c3)n(CC3CCC[NH2+]C3)c(=O)c2c1. The van der Waals surface area contributed by atoms with Gasteiger partial charge >= 0.3 is 0 Å². The maximum absolute atomic E-state index is 13.7. The van der Waals surface area contributed by atoms with Crippen LogP contribution in [-0.2, 0) is 6.54 Å². The number of methoxy groups -OCH3 is 1. The number of rotatable bonds is 8. The molecule has 0 saturated carbocycles. The molecule has 3 N–H and O–H groups in total. The molecule has 0 amide bonds. The molecule has 6 heteroatoms. The standard InChI is InChI=1S/C25H32N4O2/c1-3-4-13-27-20-10-11-23-22(15-20)25(30)29(17-18-7-6-12-26-16-18)24(28-23)19-8-5-9-21(14-19)31-2/h5,8-11,14-15,18,26-27H,3-4,6-7,12-13,16-17H2,1-2H3/p+1. The maximum Gasteiger partial charge on any atom is 0.261 e. The van der Waals surface area contributed by atoms with Crippen molar-refractivity contribution in [1.29, 1.82) is 0 Å². The van der Waals surface area contributed by atoms with E-state index in [2.05, 4.69) is 17.6 Å². The van der Waals surface area contributed by atoms with Crippen molar-refractivity contribution in [1.82, 2.24) is 9.55 Å². The van der Waals surface area contributed by atoms with Crippen LogP contribution >= 0.6 is 0 Å². The van der Waals surface area contributed by atoms with Crippen molar-refractivity contribution < 1.29 is 10.1 Å². The second-order valence-corrected chi connectivity index (χ2v) is 8.42. The summed E-state index contributed by atoms with van der Waals surface area (Å²) in [4.78, 5) is 18.6. The number of anilines is 1. The van der Waals surface area contributed by atoms with E-state index in [9.17, 15) is 4.79 Å². The lowest BCUT2D eigenvalue weighted by Crippen LogP contribution is -2.87. The largest absolute Gasteiger partial charge is 0.497 e. The Morgan fingerprint density at radius 1 is 1.26 bits per heavy atom. The number of nitrogens with zero attached hydrogens (tertiary/aromatic N) is 2. The van der Waals surface area contributed by atoms with E-state index in [-0.39, 0.29) is 5.56 Å². The minimum atomic E-state index is 0.0348. The number of aromatic nitrogens is 2. The molecule has 2 heterocycles. The Balaban J connectivity index is 1.80. The van der Waals surface area contributed by atoms with Gasteiger partial charge in [0.2, 0.25) is 0 Å². The number of nitrogens with two attached hydrogens (primary N) is 1. The smallest absolute Gasteiger partial charge is 0.261 e.